The second-order valence-corrected chi connectivity index (χ2v) is 8.25. The van der Waals surface area contributed by atoms with Crippen molar-refractivity contribution < 1.29 is 33.3 Å². The van der Waals surface area contributed by atoms with Gasteiger partial charge in [0.25, 0.3) is 0 Å². The van der Waals surface area contributed by atoms with Crippen LogP contribution in [0.1, 0.15) is 22.6 Å². The van der Waals surface area contributed by atoms with Crippen molar-refractivity contribution in [1.29, 1.82) is 0 Å². The number of benzene rings is 2. The summed E-state index contributed by atoms with van der Waals surface area (Å²) in [5.74, 6) is 0. The van der Waals surface area contributed by atoms with Crippen LogP contribution in [0.5, 0.6) is 0 Å². The summed E-state index contributed by atoms with van der Waals surface area (Å²) in [7, 11) is 0. The number of alkyl halides is 3. The monoisotopic (exact) mass is 664 g/mol. The van der Waals surface area contributed by atoms with Crippen molar-refractivity contribution in [3.05, 3.63) is 95.6 Å². The van der Waals surface area contributed by atoms with Crippen LogP contribution in [0.2, 0.25) is 0 Å². The molecule has 1 radical (unpaired) electrons. The molecule has 0 fully saturated rings. The van der Waals surface area contributed by atoms with Crippen LogP contribution in [0.4, 0.5) is 13.2 Å². The van der Waals surface area contributed by atoms with Crippen LogP contribution in [0.3, 0.4) is 0 Å². The van der Waals surface area contributed by atoms with Gasteiger partial charge in [-0.1, -0.05) is 34.8 Å². The molecule has 0 amide bonds. The molecule has 0 atom stereocenters. The molecule has 5 nitrogen and oxygen atoms in total. The maximum atomic E-state index is 12.2. The quantitative estimate of drug-likeness (QED) is 0.149. The summed E-state index contributed by atoms with van der Waals surface area (Å²) >= 11 is 0. The van der Waals surface area contributed by atoms with E-state index < -0.39 is 11.9 Å². The number of hydrogen-bond donors (Lipinski definition) is 0. The summed E-state index contributed by atoms with van der Waals surface area (Å²) in [6.45, 7) is 6.33. The van der Waals surface area contributed by atoms with E-state index in [1.165, 1.54) is 33.7 Å². The molecule has 0 aliphatic rings. The predicted octanol–water partition coefficient (Wildman–Crippen LogP) is 6.48. The van der Waals surface area contributed by atoms with E-state index in [1.54, 1.807) is 18.2 Å². The van der Waals surface area contributed by atoms with Crippen LogP contribution in [-0.2, 0) is 26.3 Å². The average Bonchev–Trinajstić information content (AvgIpc) is 3.46. The Kier molecular flexibility index (Phi) is 6.98. The normalized spacial score (nSPS) is 11.4. The zero-order chi connectivity index (χ0) is 24.7. The molecule has 0 unspecified atom stereocenters. The van der Waals surface area contributed by atoms with Gasteiger partial charge in [-0.15, -0.1) is 29.7 Å². The van der Waals surface area contributed by atoms with E-state index in [9.17, 15) is 13.2 Å². The second-order valence-electron chi connectivity index (χ2n) is 8.25. The minimum absolute atomic E-state index is 0. The predicted molar refractivity (Wildman–Crippen MR) is 129 cm³/mol. The first-order valence-electron chi connectivity index (χ1n) is 10.9. The van der Waals surface area contributed by atoms with Crippen molar-refractivity contribution in [3.8, 4) is 11.4 Å². The van der Waals surface area contributed by atoms with Crippen LogP contribution in [-0.4, -0.2) is 19.5 Å². The molecule has 6 rings (SSSR count). The molecular weight excluding hydrogens is 644 g/mol. The largest absolute Gasteiger partial charge is 0.573 e. The molecule has 36 heavy (non-hydrogen) atoms. The molecule has 185 valence electrons. The summed E-state index contributed by atoms with van der Waals surface area (Å²) in [4.78, 5) is 8.62. The van der Waals surface area contributed by atoms with Gasteiger partial charge in [0.05, 0.1) is 5.65 Å². The third kappa shape index (κ3) is 4.64. The number of halogens is 3. The maximum Gasteiger partial charge on any atom is 0.431 e. The minimum Gasteiger partial charge on any atom is -0.573 e. The van der Waals surface area contributed by atoms with Gasteiger partial charge in [0.15, 0.2) is 0 Å². The van der Waals surface area contributed by atoms with Crippen LogP contribution in [0.25, 0.3) is 38.7 Å². The third-order valence-electron chi connectivity index (χ3n) is 5.86. The molecular formula is C27H20F3IrN5-2. The van der Waals surface area contributed by atoms with E-state index in [-0.39, 0.29) is 25.8 Å². The van der Waals surface area contributed by atoms with Gasteiger partial charge in [-0.2, -0.15) is 13.2 Å². The van der Waals surface area contributed by atoms with Gasteiger partial charge in [0.1, 0.15) is 5.69 Å². The van der Waals surface area contributed by atoms with E-state index >= 15 is 0 Å². The van der Waals surface area contributed by atoms with Gasteiger partial charge in [0.2, 0.25) is 0 Å². The molecule has 4 heterocycles. The Hall–Kier alpha value is -3.55. The zero-order valence-corrected chi connectivity index (χ0v) is 21.9. The number of nitrogens with zero attached hydrogens (tertiary/aromatic N) is 5. The number of aromatic nitrogens is 5. The van der Waals surface area contributed by atoms with Crippen molar-refractivity contribution >= 4 is 27.3 Å². The second kappa shape index (κ2) is 9.84. The summed E-state index contributed by atoms with van der Waals surface area (Å²) in [5.41, 5.74) is 5.29. The number of imidazole rings is 1. The Labute approximate surface area is 218 Å². The molecule has 0 bridgehead atoms. The summed E-state index contributed by atoms with van der Waals surface area (Å²) < 4.78 is 38.8. The smallest absolute Gasteiger partial charge is 0.431 e. The van der Waals surface area contributed by atoms with Gasteiger partial charge in [-0.05, 0) is 50.4 Å². The van der Waals surface area contributed by atoms with Crippen molar-refractivity contribution in [2.75, 3.05) is 0 Å². The first kappa shape index (κ1) is 25.5. The van der Waals surface area contributed by atoms with E-state index in [2.05, 4.69) is 70.7 Å². The van der Waals surface area contributed by atoms with Crippen molar-refractivity contribution in [3.63, 3.8) is 0 Å². The fourth-order valence-corrected chi connectivity index (χ4v) is 4.05. The van der Waals surface area contributed by atoms with Crippen molar-refractivity contribution in [2.24, 2.45) is 0 Å². The Balaban J connectivity index is 0.000000172. The molecule has 4 aromatic heterocycles. The van der Waals surface area contributed by atoms with E-state index in [4.69, 9.17) is 4.98 Å². The molecule has 0 N–H and O–H groups in total. The fraction of sp³-hybridized carbons (Fsp3) is 0.148. The van der Waals surface area contributed by atoms with Gasteiger partial charge in [0, 0.05) is 48.9 Å². The number of fused-ring (bicyclic) bond motifs is 6. The van der Waals surface area contributed by atoms with E-state index in [0.29, 0.717) is 5.69 Å². The van der Waals surface area contributed by atoms with Gasteiger partial charge in [-0.25, -0.2) is 0 Å². The van der Waals surface area contributed by atoms with Crippen molar-refractivity contribution in [1.82, 2.24) is 24.6 Å². The van der Waals surface area contributed by atoms with Crippen LogP contribution < -0.4 is 5.10 Å². The van der Waals surface area contributed by atoms with Gasteiger partial charge >= 0.3 is 6.18 Å². The molecule has 0 aliphatic carbocycles. The van der Waals surface area contributed by atoms with Gasteiger partial charge < -0.3 is 14.6 Å². The van der Waals surface area contributed by atoms with E-state index in [0.717, 1.165) is 22.8 Å². The van der Waals surface area contributed by atoms with Crippen LogP contribution in [0.15, 0.2) is 66.9 Å². The zero-order valence-electron chi connectivity index (χ0n) is 19.6. The molecule has 0 saturated carbocycles. The Morgan fingerprint density at radius 1 is 0.944 bits per heavy atom. The molecule has 0 saturated heterocycles. The summed E-state index contributed by atoms with van der Waals surface area (Å²) in [6.07, 6.45) is -2.97. The Morgan fingerprint density at radius 2 is 1.75 bits per heavy atom. The first-order valence-corrected chi connectivity index (χ1v) is 10.9. The SMILES string of the molecule is Cc1ccc2c(c1)c1ccc[c-]c1c1nc(C)c(C)n21.FC(F)(F)c1cc(-c2ccccn2)[n-]n1.[Ir]. The minimum atomic E-state index is -4.46. The molecule has 2 aromatic carbocycles. The van der Waals surface area contributed by atoms with Crippen molar-refractivity contribution in [2.45, 2.75) is 26.9 Å². The fourth-order valence-electron chi connectivity index (χ4n) is 4.05. The summed E-state index contributed by atoms with van der Waals surface area (Å²) in [5, 5.41) is 10.1. The number of pyridine rings is 2. The average molecular weight is 664 g/mol. The third-order valence-corrected chi connectivity index (χ3v) is 5.86. The maximum absolute atomic E-state index is 12.2. The molecule has 0 spiro atoms. The first-order chi connectivity index (χ1) is 16.7. The number of hydrogen-bond acceptors (Lipinski definition) is 3. The number of aryl methyl sites for hydroxylation is 3. The van der Waals surface area contributed by atoms with E-state index in [1.807, 2.05) is 12.1 Å². The Bertz CT molecular complexity index is 1670. The summed E-state index contributed by atoms with van der Waals surface area (Å²) in [6, 6.07) is 21.9. The number of rotatable bonds is 1. The topological polar surface area (TPSA) is 57.2 Å². The molecule has 9 heteroatoms. The van der Waals surface area contributed by atoms with Gasteiger partial charge in [-0.3, -0.25) is 9.97 Å². The molecule has 6 aromatic rings. The Morgan fingerprint density at radius 3 is 2.44 bits per heavy atom. The van der Waals surface area contributed by atoms with Crippen LogP contribution in [0, 0.1) is 26.8 Å². The molecule has 0 aliphatic heterocycles. The standard InChI is InChI=1S/C18H15N2.C9H5F3N3.Ir/c1-11-8-9-17-16(10-11)14-6-4-5-7-15(14)18-19-12(2)13(3)20(17)18;10-9(11,12)8-5-7(14-15-8)6-3-1-2-4-13-6;/h4-6,8-10H,1-3H3;1-5H;/q2*-1;. The van der Waals surface area contributed by atoms with Crippen LogP contribution >= 0.6 is 0 Å².